The zero-order chi connectivity index (χ0) is 15.8. The van der Waals surface area contributed by atoms with Crippen LogP contribution in [0.1, 0.15) is 13.8 Å². The second-order valence-corrected chi connectivity index (χ2v) is 5.59. The molecule has 0 aliphatic heterocycles. The van der Waals surface area contributed by atoms with E-state index in [0.29, 0.717) is 34.0 Å². The molecule has 0 saturated carbocycles. The van der Waals surface area contributed by atoms with Crippen LogP contribution in [0.4, 0.5) is 14.5 Å². The van der Waals surface area contributed by atoms with Crippen LogP contribution in [0.3, 0.4) is 0 Å². The van der Waals surface area contributed by atoms with Crippen LogP contribution in [-0.4, -0.2) is 29.4 Å². The Labute approximate surface area is 132 Å². The number of anilines is 1. The molecule has 1 atom stereocenters. The number of benzene rings is 1. The molecule has 0 fully saturated rings. The highest BCUT2D eigenvalue weighted by atomic mass is 32.2. The Hall–Kier alpha value is -1.41. The number of carbonyl (C=O) groups excluding carboxylic acids is 1. The molecule has 0 bridgehead atoms. The van der Waals surface area contributed by atoms with Gasteiger partial charge in [0.1, 0.15) is 6.04 Å². The van der Waals surface area contributed by atoms with E-state index >= 15 is 0 Å². The fraction of sp³-hybridized carbons (Fsp3) is 0.385. The van der Waals surface area contributed by atoms with Gasteiger partial charge in [0.15, 0.2) is 5.11 Å². The van der Waals surface area contributed by atoms with Gasteiger partial charge in [-0.15, -0.1) is 0 Å². The molecule has 0 unspecified atom stereocenters. The quantitative estimate of drug-likeness (QED) is 0.552. The van der Waals surface area contributed by atoms with Crippen molar-refractivity contribution in [3.05, 3.63) is 24.3 Å². The molecule has 0 aliphatic carbocycles. The van der Waals surface area contributed by atoms with Gasteiger partial charge >= 0.3 is 0 Å². The first-order chi connectivity index (χ1) is 9.92. The van der Waals surface area contributed by atoms with Crippen molar-refractivity contribution in [1.82, 2.24) is 10.6 Å². The van der Waals surface area contributed by atoms with Crippen LogP contribution in [0.15, 0.2) is 29.2 Å². The van der Waals surface area contributed by atoms with E-state index in [-0.39, 0.29) is 5.91 Å². The Balaban J connectivity index is 2.49. The van der Waals surface area contributed by atoms with E-state index in [1.807, 2.05) is 6.92 Å². The fourth-order valence-corrected chi connectivity index (χ4v) is 2.27. The molecule has 0 spiro atoms. The Morgan fingerprint density at radius 2 is 1.95 bits per heavy atom. The van der Waals surface area contributed by atoms with Gasteiger partial charge in [0.2, 0.25) is 5.91 Å². The molecule has 3 N–H and O–H groups in total. The summed E-state index contributed by atoms with van der Waals surface area (Å²) >= 11 is 5.57. The number of thiocarbonyl (C=S) groups is 1. The molecule has 1 aromatic carbocycles. The first kappa shape index (κ1) is 17.6. The van der Waals surface area contributed by atoms with Crippen molar-refractivity contribution in [1.29, 1.82) is 0 Å². The Morgan fingerprint density at radius 3 is 2.48 bits per heavy atom. The van der Waals surface area contributed by atoms with Crippen LogP contribution in [0.2, 0.25) is 0 Å². The summed E-state index contributed by atoms with van der Waals surface area (Å²) in [5.41, 5.74) is 0.661. The SMILES string of the molecule is CCNC(=O)[C@@H](C)NC(=S)Nc1ccc(SC(F)F)cc1. The summed E-state index contributed by atoms with van der Waals surface area (Å²) in [4.78, 5) is 12.0. The summed E-state index contributed by atoms with van der Waals surface area (Å²) in [6.07, 6.45) is 0. The molecular weight excluding hydrogens is 316 g/mol. The molecule has 21 heavy (non-hydrogen) atoms. The number of amides is 1. The van der Waals surface area contributed by atoms with Crippen LogP contribution in [0.5, 0.6) is 0 Å². The molecule has 1 amide bonds. The highest BCUT2D eigenvalue weighted by Crippen LogP contribution is 2.26. The number of halogens is 2. The van der Waals surface area contributed by atoms with Gasteiger partial charge in [-0.3, -0.25) is 4.79 Å². The van der Waals surface area contributed by atoms with E-state index in [4.69, 9.17) is 12.2 Å². The van der Waals surface area contributed by atoms with Gasteiger partial charge in [0.05, 0.1) is 0 Å². The standard InChI is InChI=1S/C13H17F2N3OS2/c1-3-16-11(19)8(2)17-13(20)18-9-4-6-10(7-5-9)21-12(14)15/h4-8,12H,3H2,1-2H3,(H,16,19)(H2,17,18,20)/t8-/m1/s1. The maximum absolute atomic E-state index is 12.2. The number of thioether (sulfide) groups is 1. The lowest BCUT2D eigenvalue weighted by Gasteiger charge is -2.16. The maximum Gasteiger partial charge on any atom is 0.288 e. The van der Waals surface area contributed by atoms with Crippen LogP contribution >= 0.6 is 24.0 Å². The number of rotatable bonds is 6. The molecule has 0 aromatic heterocycles. The molecule has 1 rings (SSSR count). The van der Waals surface area contributed by atoms with Crippen molar-refractivity contribution >= 4 is 40.7 Å². The number of nitrogens with one attached hydrogen (secondary N) is 3. The third-order valence-electron chi connectivity index (χ3n) is 2.43. The molecule has 0 radical (unpaired) electrons. The largest absolute Gasteiger partial charge is 0.355 e. The first-order valence-electron chi connectivity index (χ1n) is 6.32. The second-order valence-electron chi connectivity index (χ2n) is 4.12. The van der Waals surface area contributed by atoms with Crippen molar-refractivity contribution in [3.8, 4) is 0 Å². The van der Waals surface area contributed by atoms with Gasteiger partial charge in [0.25, 0.3) is 5.76 Å². The predicted octanol–water partition coefficient (Wildman–Crippen LogP) is 2.81. The third-order valence-corrected chi connectivity index (χ3v) is 3.37. The molecule has 116 valence electrons. The van der Waals surface area contributed by atoms with Crippen molar-refractivity contribution in [3.63, 3.8) is 0 Å². The minimum atomic E-state index is -2.44. The number of hydrogen-bond donors (Lipinski definition) is 3. The summed E-state index contributed by atoms with van der Waals surface area (Å²) in [5.74, 6) is -2.59. The van der Waals surface area contributed by atoms with Gasteiger partial charge in [0, 0.05) is 17.1 Å². The first-order valence-corrected chi connectivity index (χ1v) is 7.61. The number of carbonyl (C=O) groups is 1. The minimum absolute atomic E-state index is 0.148. The molecule has 0 aliphatic rings. The molecular formula is C13H17F2N3OS2. The maximum atomic E-state index is 12.2. The van der Waals surface area contributed by atoms with E-state index in [1.165, 1.54) is 0 Å². The molecule has 8 heteroatoms. The van der Waals surface area contributed by atoms with Crippen LogP contribution in [0.25, 0.3) is 0 Å². The highest BCUT2D eigenvalue weighted by Gasteiger charge is 2.12. The molecule has 4 nitrogen and oxygen atoms in total. The average Bonchev–Trinajstić information content (AvgIpc) is 2.40. The van der Waals surface area contributed by atoms with Gasteiger partial charge in [-0.25, -0.2) is 0 Å². The lowest BCUT2D eigenvalue weighted by Crippen LogP contribution is -2.46. The lowest BCUT2D eigenvalue weighted by atomic mass is 10.3. The Morgan fingerprint density at radius 1 is 1.33 bits per heavy atom. The van der Waals surface area contributed by atoms with Crippen LogP contribution in [-0.2, 0) is 4.79 Å². The van der Waals surface area contributed by atoms with E-state index < -0.39 is 11.8 Å². The summed E-state index contributed by atoms with van der Waals surface area (Å²) < 4.78 is 24.4. The molecule has 0 saturated heterocycles. The van der Waals surface area contributed by atoms with Crippen LogP contribution < -0.4 is 16.0 Å². The average molecular weight is 333 g/mol. The normalized spacial score (nSPS) is 11.9. The summed E-state index contributed by atoms with van der Waals surface area (Å²) in [6.45, 7) is 4.08. The predicted molar refractivity (Wildman–Crippen MR) is 85.8 cm³/mol. The zero-order valence-corrected chi connectivity index (χ0v) is 13.3. The highest BCUT2D eigenvalue weighted by molar-refractivity contribution is 7.99. The monoisotopic (exact) mass is 333 g/mol. The summed E-state index contributed by atoms with van der Waals surface area (Å²) in [6, 6.07) is 5.99. The smallest absolute Gasteiger partial charge is 0.288 e. The molecule has 0 heterocycles. The van der Waals surface area contributed by atoms with E-state index in [1.54, 1.807) is 31.2 Å². The summed E-state index contributed by atoms with van der Waals surface area (Å²) in [7, 11) is 0. The number of alkyl halides is 2. The van der Waals surface area contributed by atoms with Gasteiger partial charge in [-0.05, 0) is 50.3 Å². The third kappa shape index (κ3) is 6.72. The van der Waals surface area contributed by atoms with Crippen molar-refractivity contribution in [2.24, 2.45) is 0 Å². The van der Waals surface area contributed by atoms with Gasteiger partial charge in [-0.2, -0.15) is 8.78 Å². The van der Waals surface area contributed by atoms with E-state index in [0.717, 1.165) is 0 Å². The summed E-state index contributed by atoms with van der Waals surface area (Å²) in [5, 5.41) is 8.71. The van der Waals surface area contributed by atoms with Crippen molar-refractivity contribution in [2.45, 2.75) is 30.5 Å². The van der Waals surface area contributed by atoms with Gasteiger partial charge in [-0.1, -0.05) is 11.8 Å². The van der Waals surface area contributed by atoms with Crippen LogP contribution in [0, 0.1) is 0 Å². The number of hydrogen-bond acceptors (Lipinski definition) is 3. The van der Waals surface area contributed by atoms with Crippen molar-refractivity contribution in [2.75, 3.05) is 11.9 Å². The van der Waals surface area contributed by atoms with Gasteiger partial charge < -0.3 is 16.0 Å². The minimum Gasteiger partial charge on any atom is -0.355 e. The lowest BCUT2D eigenvalue weighted by molar-refractivity contribution is -0.122. The zero-order valence-electron chi connectivity index (χ0n) is 11.7. The Kier molecular flexibility index (Phi) is 7.38. The second kappa shape index (κ2) is 8.78. The van der Waals surface area contributed by atoms with Crippen molar-refractivity contribution < 1.29 is 13.6 Å². The topological polar surface area (TPSA) is 53.2 Å². The van der Waals surface area contributed by atoms with E-state index in [9.17, 15) is 13.6 Å². The molecule has 1 aromatic rings. The Bertz CT molecular complexity index is 483. The number of likely N-dealkylation sites (N-methyl/N-ethyl adjacent to an activating group) is 1. The van der Waals surface area contributed by atoms with E-state index in [2.05, 4.69) is 16.0 Å². The fourth-order valence-electron chi connectivity index (χ4n) is 1.48.